The molecule has 1 aliphatic heterocycles. The van der Waals surface area contributed by atoms with Gasteiger partial charge in [-0.15, -0.1) is 0 Å². The van der Waals surface area contributed by atoms with Crippen LogP contribution in [-0.2, 0) is 19.0 Å². The number of aromatic nitrogens is 2. The lowest BCUT2D eigenvalue weighted by atomic mass is 10.1. The van der Waals surface area contributed by atoms with Crippen LogP contribution in [-0.4, -0.2) is 58.7 Å². The Hall–Kier alpha value is -1.81. The Morgan fingerprint density at radius 1 is 1.56 bits per heavy atom. The third kappa shape index (κ3) is 4.63. The van der Waals surface area contributed by atoms with Gasteiger partial charge in [-0.05, 0) is 19.4 Å². The number of carbonyl (C=O) groups excluding carboxylic acids is 1. The van der Waals surface area contributed by atoms with Crippen LogP contribution in [0.4, 0.5) is 5.82 Å². The first-order chi connectivity index (χ1) is 11.9. The smallest absolute Gasteiger partial charge is 0.351 e. The van der Waals surface area contributed by atoms with Gasteiger partial charge in [0.25, 0.3) is 0 Å². The number of hydrogen-bond acceptors (Lipinski definition) is 7. The molecule has 1 fully saturated rings. The fourth-order valence-corrected chi connectivity index (χ4v) is 2.83. The highest BCUT2D eigenvalue weighted by atomic mass is 16.6. The number of methoxy groups -OCH3 is 1. The second-order valence-electron chi connectivity index (χ2n) is 6.01. The van der Waals surface area contributed by atoms with Gasteiger partial charge in [0.1, 0.15) is 18.0 Å². The highest BCUT2D eigenvalue weighted by Gasteiger charge is 2.45. The summed E-state index contributed by atoms with van der Waals surface area (Å²) in [5.74, 6) is -0.164. The first-order valence-electron chi connectivity index (χ1n) is 8.22. The van der Waals surface area contributed by atoms with Gasteiger partial charge in [0.05, 0.1) is 18.8 Å². The molecule has 2 N–H and O–H groups in total. The lowest BCUT2D eigenvalue weighted by molar-refractivity contribution is -0.114. The fourth-order valence-electron chi connectivity index (χ4n) is 2.83. The van der Waals surface area contributed by atoms with Gasteiger partial charge in [-0.3, -0.25) is 9.36 Å². The van der Waals surface area contributed by atoms with E-state index in [9.17, 15) is 14.7 Å². The summed E-state index contributed by atoms with van der Waals surface area (Å²) in [7, 11) is 1.56. The topological polar surface area (TPSA) is 112 Å². The van der Waals surface area contributed by atoms with Gasteiger partial charge in [-0.1, -0.05) is 6.92 Å². The maximum Gasteiger partial charge on any atom is 0.351 e. The highest BCUT2D eigenvalue weighted by molar-refractivity contribution is 5.87. The average molecular weight is 355 g/mol. The van der Waals surface area contributed by atoms with E-state index in [0.717, 1.165) is 0 Å². The molecule has 5 atom stereocenters. The number of aliphatic hydroxyl groups excluding tert-OH is 1. The van der Waals surface area contributed by atoms with E-state index in [1.165, 1.54) is 23.8 Å². The van der Waals surface area contributed by atoms with Crippen LogP contribution in [0.1, 0.15) is 33.4 Å². The molecule has 5 unspecified atom stereocenters. The normalized spacial score (nSPS) is 27.2. The van der Waals surface area contributed by atoms with Crippen LogP contribution in [0.2, 0.25) is 0 Å². The highest BCUT2D eigenvalue weighted by Crippen LogP contribution is 2.33. The van der Waals surface area contributed by atoms with Crippen molar-refractivity contribution >= 4 is 11.7 Å². The SMILES string of the molecule is CCC1OC(n2ccc(NC(C)=O)nc2=O)C(OC(C)COC)C1O. The molecule has 0 radical (unpaired) electrons. The van der Waals surface area contributed by atoms with Crippen LogP contribution in [0, 0.1) is 0 Å². The molecule has 0 saturated carbocycles. The van der Waals surface area contributed by atoms with Gasteiger partial charge in [0, 0.05) is 20.2 Å². The Bertz CT molecular complexity index is 649. The number of aliphatic hydroxyl groups is 1. The Balaban J connectivity index is 2.27. The fraction of sp³-hybridized carbons (Fsp3) is 0.688. The molecule has 1 aromatic rings. The van der Waals surface area contributed by atoms with Gasteiger partial charge in [-0.2, -0.15) is 4.98 Å². The van der Waals surface area contributed by atoms with E-state index >= 15 is 0 Å². The molecule has 1 aliphatic rings. The predicted octanol–water partition coefficient (Wildman–Crippen LogP) is 0.290. The maximum absolute atomic E-state index is 12.3. The van der Waals surface area contributed by atoms with E-state index in [2.05, 4.69) is 10.3 Å². The number of rotatable bonds is 7. The lowest BCUT2D eigenvalue weighted by Gasteiger charge is -2.25. The predicted molar refractivity (Wildman–Crippen MR) is 89.2 cm³/mol. The first-order valence-corrected chi connectivity index (χ1v) is 8.22. The molecule has 2 rings (SSSR count). The summed E-state index contributed by atoms with van der Waals surface area (Å²) in [6.45, 7) is 5.37. The second-order valence-corrected chi connectivity index (χ2v) is 6.01. The van der Waals surface area contributed by atoms with E-state index in [1.54, 1.807) is 7.11 Å². The number of nitrogens with zero attached hydrogens (tertiary/aromatic N) is 2. The third-order valence-electron chi connectivity index (χ3n) is 3.91. The van der Waals surface area contributed by atoms with Crippen molar-refractivity contribution < 1.29 is 24.1 Å². The molecule has 1 amide bonds. The number of anilines is 1. The number of nitrogens with one attached hydrogen (secondary N) is 1. The maximum atomic E-state index is 12.3. The van der Waals surface area contributed by atoms with E-state index in [1.807, 2.05) is 13.8 Å². The summed E-state index contributed by atoms with van der Waals surface area (Å²) in [6, 6.07) is 1.49. The van der Waals surface area contributed by atoms with Crippen molar-refractivity contribution in [1.82, 2.24) is 9.55 Å². The van der Waals surface area contributed by atoms with Gasteiger partial charge in [0.2, 0.25) is 5.91 Å². The molecule has 0 bridgehead atoms. The zero-order chi connectivity index (χ0) is 18.6. The Morgan fingerprint density at radius 3 is 2.84 bits per heavy atom. The van der Waals surface area contributed by atoms with Crippen LogP contribution in [0.25, 0.3) is 0 Å². The van der Waals surface area contributed by atoms with Crippen molar-refractivity contribution in [3.05, 3.63) is 22.7 Å². The quantitative estimate of drug-likeness (QED) is 0.723. The summed E-state index contributed by atoms with van der Waals surface area (Å²) >= 11 is 0. The zero-order valence-electron chi connectivity index (χ0n) is 14.8. The molecule has 0 spiro atoms. The molecular formula is C16H25N3O6. The van der Waals surface area contributed by atoms with E-state index in [4.69, 9.17) is 14.2 Å². The van der Waals surface area contributed by atoms with E-state index in [-0.39, 0.29) is 17.8 Å². The van der Waals surface area contributed by atoms with Crippen LogP contribution < -0.4 is 11.0 Å². The Morgan fingerprint density at radius 2 is 2.28 bits per heavy atom. The van der Waals surface area contributed by atoms with Crippen LogP contribution in [0.5, 0.6) is 0 Å². The molecule has 9 nitrogen and oxygen atoms in total. The molecule has 9 heteroatoms. The largest absolute Gasteiger partial charge is 0.388 e. The summed E-state index contributed by atoms with van der Waals surface area (Å²) in [4.78, 5) is 27.2. The van der Waals surface area contributed by atoms with Crippen molar-refractivity contribution in [2.24, 2.45) is 0 Å². The molecule has 2 heterocycles. The first kappa shape index (κ1) is 19.5. The zero-order valence-corrected chi connectivity index (χ0v) is 14.8. The molecular weight excluding hydrogens is 330 g/mol. The van der Waals surface area contributed by atoms with Gasteiger partial charge >= 0.3 is 5.69 Å². The third-order valence-corrected chi connectivity index (χ3v) is 3.91. The monoisotopic (exact) mass is 355 g/mol. The molecule has 25 heavy (non-hydrogen) atoms. The van der Waals surface area contributed by atoms with Crippen LogP contribution in [0.3, 0.4) is 0 Å². The number of amides is 1. The summed E-state index contributed by atoms with van der Waals surface area (Å²) < 4.78 is 18.0. The Kier molecular flexibility index (Phi) is 6.65. The van der Waals surface area contributed by atoms with Crippen LogP contribution in [0.15, 0.2) is 17.1 Å². The lowest BCUT2D eigenvalue weighted by Crippen LogP contribution is -2.40. The van der Waals surface area contributed by atoms with Gasteiger partial charge in [-0.25, -0.2) is 4.79 Å². The van der Waals surface area contributed by atoms with E-state index < -0.39 is 30.2 Å². The summed E-state index contributed by atoms with van der Waals surface area (Å²) in [6.07, 6.45) is -1.13. The van der Waals surface area contributed by atoms with Gasteiger partial charge in [0.15, 0.2) is 6.23 Å². The molecule has 1 aromatic heterocycles. The minimum Gasteiger partial charge on any atom is -0.388 e. The van der Waals surface area contributed by atoms with E-state index in [0.29, 0.717) is 13.0 Å². The number of carbonyl (C=O) groups is 1. The average Bonchev–Trinajstić information content (AvgIpc) is 2.83. The van der Waals surface area contributed by atoms with Crippen molar-refractivity contribution in [2.45, 2.75) is 57.8 Å². The Labute approximate surface area is 145 Å². The van der Waals surface area contributed by atoms with Crippen molar-refractivity contribution in [3.8, 4) is 0 Å². The standard InChI is InChI=1S/C16H25N3O6/c1-5-11-13(21)14(24-9(2)8-23-4)15(25-11)19-7-6-12(17-10(3)20)18-16(19)22/h6-7,9,11,13-15,21H,5,8H2,1-4H3,(H,17,18,20,22). The van der Waals surface area contributed by atoms with Gasteiger partial charge < -0.3 is 24.6 Å². The van der Waals surface area contributed by atoms with Crippen LogP contribution >= 0.6 is 0 Å². The second kappa shape index (κ2) is 8.52. The van der Waals surface area contributed by atoms with Crippen molar-refractivity contribution in [1.29, 1.82) is 0 Å². The minimum absolute atomic E-state index is 0.157. The molecule has 0 aromatic carbocycles. The molecule has 140 valence electrons. The molecule has 0 aliphatic carbocycles. The van der Waals surface area contributed by atoms with Crippen molar-refractivity contribution in [3.63, 3.8) is 0 Å². The summed E-state index contributed by atoms with van der Waals surface area (Å²) in [5.41, 5.74) is -0.604. The summed E-state index contributed by atoms with van der Waals surface area (Å²) in [5, 5.41) is 12.9. The minimum atomic E-state index is -0.878. The molecule has 1 saturated heterocycles. The number of ether oxygens (including phenoxy) is 3. The number of hydrogen-bond donors (Lipinski definition) is 2. The van der Waals surface area contributed by atoms with Crippen molar-refractivity contribution in [2.75, 3.05) is 19.0 Å².